The number of aromatic nitrogens is 3. The number of ether oxygens (including phenoxy) is 1. The van der Waals surface area contributed by atoms with Crippen molar-refractivity contribution in [3.63, 3.8) is 0 Å². The standard InChI is InChI=1S/C14H13N3O2S.C2H6/c1-3-19-14(18)10-8-15-17-7-6-11(16-13(10)17)12-5-4-9(2)20-12;1-2/h4-8H,3H2,1-2H3;1-2H3. The predicted octanol–water partition coefficient (Wildman–Crippen LogP) is 3.97. The van der Waals surface area contributed by atoms with Crippen LogP contribution in [0.15, 0.2) is 30.6 Å². The molecule has 0 saturated carbocycles. The van der Waals surface area contributed by atoms with Gasteiger partial charge in [0.1, 0.15) is 5.56 Å². The highest BCUT2D eigenvalue weighted by molar-refractivity contribution is 7.15. The summed E-state index contributed by atoms with van der Waals surface area (Å²) in [7, 11) is 0. The first-order valence-corrected chi connectivity index (χ1v) is 8.09. The zero-order valence-corrected chi connectivity index (χ0v) is 14.0. The Balaban J connectivity index is 0.000000847. The average molecular weight is 317 g/mol. The number of aryl methyl sites for hydroxylation is 1. The summed E-state index contributed by atoms with van der Waals surface area (Å²) < 4.78 is 6.59. The minimum absolute atomic E-state index is 0.333. The number of nitrogens with zero attached hydrogens (tertiary/aromatic N) is 3. The normalized spacial score (nSPS) is 10.2. The minimum Gasteiger partial charge on any atom is -0.462 e. The summed E-state index contributed by atoms with van der Waals surface area (Å²) in [5, 5.41) is 4.12. The zero-order chi connectivity index (χ0) is 16.1. The summed E-state index contributed by atoms with van der Waals surface area (Å²) >= 11 is 1.67. The van der Waals surface area contributed by atoms with Gasteiger partial charge in [0.25, 0.3) is 0 Å². The monoisotopic (exact) mass is 317 g/mol. The zero-order valence-electron chi connectivity index (χ0n) is 13.2. The molecule has 0 fully saturated rings. The summed E-state index contributed by atoms with van der Waals surface area (Å²) in [4.78, 5) is 18.7. The molecule has 0 N–H and O–H groups in total. The van der Waals surface area contributed by atoms with Crippen LogP contribution < -0.4 is 0 Å². The molecule has 22 heavy (non-hydrogen) atoms. The van der Waals surface area contributed by atoms with Crippen molar-refractivity contribution in [1.82, 2.24) is 14.6 Å². The van der Waals surface area contributed by atoms with E-state index in [2.05, 4.69) is 23.1 Å². The molecule has 0 spiro atoms. The Bertz CT molecular complexity index is 777. The first-order chi connectivity index (χ1) is 10.7. The molecule has 3 heterocycles. The molecule has 116 valence electrons. The molecule has 3 aromatic heterocycles. The van der Waals surface area contributed by atoms with Crippen molar-refractivity contribution in [2.24, 2.45) is 0 Å². The second-order valence-corrected chi connectivity index (χ2v) is 5.56. The lowest BCUT2D eigenvalue weighted by Crippen LogP contribution is -2.05. The molecular weight excluding hydrogens is 298 g/mol. The molecule has 3 rings (SSSR count). The van der Waals surface area contributed by atoms with E-state index < -0.39 is 5.97 Å². The van der Waals surface area contributed by atoms with Crippen LogP contribution in [-0.2, 0) is 4.74 Å². The van der Waals surface area contributed by atoms with Gasteiger partial charge in [0, 0.05) is 11.1 Å². The van der Waals surface area contributed by atoms with Gasteiger partial charge < -0.3 is 4.74 Å². The summed E-state index contributed by atoms with van der Waals surface area (Å²) in [5.41, 5.74) is 1.75. The Morgan fingerprint density at radius 2 is 2.09 bits per heavy atom. The maximum absolute atomic E-state index is 11.9. The van der Waals surface area contributed by atoms with Crippen molar-refractivity contribution in [2.75, 3.05) is 6.61 Å². The van der Waals surface area contributed by atoms with E-state index in [1.165, 1.54) is 11.1 Å². The van der Waals surface area contributed by atoms with E-state index in [1.807, 2.05) is 26.0 Å². The van der Waals surface area contributed by atoms with Crippen LogP contribution in [0.3, 0.4) is 0 Å². The Labute approximate surface area is 133 Å². The maximum Gasteiger partial charge on any atom is 0.343 e. The van der Waals surface area contributed by atoms with Gasteiger partial charge in [0.15, 0.2) is 5.65 Å². The Hall–Kier alpha value is -2.21. The van der Waals surface area contributed by atoms with Crippen molar-refractivity contribution in [1.29, 1.82) is 0 Å². The summed E-state index contributed by atoms with van der Waals surface area (Å²) in [6, 6.07) is 5.97. The highest BCUT2D eigenvalue weighted by atomic mass is 32.1. The summed E-state index contributed by atoms with van der Waals surface area (Å²) in [6.45, 7) is 8.16. The molecule has 0 radical (unpaired) electrons. The first-order valence-electron chi connectivity index (χ1n) is 7.27. The van der Waals surface area contributed by atoms with E-state index in [-0.39, 0.29) is 0 Å². The number of carbonyl (C=O) groups is 1. The van der Waals surface area contributed by atoms with E-state index in [1.54, 1.807) is 29.0 Å². The largest absolute Gasteiger partial charge is 0.462 e. The number of rotatable bonds is 3. The first kappa shape index (κ1) is 16.2. The number of hydrogen-bond acceptors (Lipinski definition) is 5. The second-order valence-electron chi connectivity index (χ2n) is 4.27. The maximum atomic E-state index is 11.9. The molecule has 0 amide bonds. The van der Waals surface area contributed by atoms with Gasteiger partial charge in [-0.1, -0.05) is 13.8 Å². The number of carbonyl (C=O) groups excluding carboxylic acids is 1. The molecule has 0 unspecified atom stereocenters. The fourth-order valence-corrected chi connectivity index (χ4v) is 2.77. The molecule has 3 aromatic rings. The fourth-order valence-electron chi connectivity index (χ4n) is 1.93. The van der Waals surface area contributed by atoms with Gasteiger partial charge in [-0.2, -0.15) is 5.10 Å². The molecule has 6 heteroatoms. The predicted molar refractivity (Wildman–Crippen MR) is 88.3 cm³/mol. The van der Waals surface area contributed by atoms with E-state index in [9.17, 15) is 4.79 Å². The van der Waals surface area contributed by atoms with Crippen LogP contribution in [-0.4, -0.2) is 27.2 Å². The van der Waals surface area contributed by atoms with Crippen LogP contribution >= 0.6 is 11.3 Å². The third kappa shape index (κ3) is 3.17. The smallest absolute Gasteiger partial charge is 0.343 e. The second kappa shape index (κ2) is 7.17. The van der Waals surface area contributed by atoms with Gasteiger partial charge >= 0.3 is 5.97 Å². The molecule has 0 atom stereocenters. The Kier molecular flexibility index (Phi) is 5.27. The third-order valence-electron chi connectivity index (χ3n) is 2.86. The highest BCUT2D eigenvalue weighted by Crippen LogP contribution is 2.26. The molecule has 5 nitrogen and oxygen atoms in total. The topological polar surface area (TPSA) is 56.5 Å². The van der Waals surface area contributed by atoms with Gasteiger partial charge in [-0.05, 0) is 32.0 Å². The average Bonchev–Trinajstić information content (AvgIpc) is 3.15. The van der Waals surface area contributed by atoms with Crippen LogP contribution in [0.2, 0.25) is 0 Å². The Morgan fingerprint density at radius 1 is 1.32 bits per heavy atom. The lowest BCUT2D eigenvalue weighted by Gasteiger charge is -2.01. The minimum atomic E-state index is -0.394. The molecule has 0 aliphatic carbocycles. The van der Waals surface area contributed by atoms with Gasteiger partial charge in [-0.25, -0.2) is 14.3 Å². The van der Waals surface area contributed by atoms with Gasteiger partial charge in [-0.15, -0.1) is 11.3 Å². The van der Waals surface area contributed by atoms with Crippen LogP contribution in [0, 0.1) is 6.92 Å². The van der Waals surface area contributed by atoms with Crippen molar-refractivity contribution in [3.05, 3.63) is 41.0 Å². The number of hydrogen-bond donors (Lipinski definition) is 0. The molecule has 0 aromatic carbocycles. The summed E-state index contributed by atoms with van der Waals surface area (Å²) in [5.74, 6) is -0.394. The SMILES string of the molecule is CC.CCOC(=O)c1cnn2ccc(-c3ccc(C)s3)nc12. The third-order valence-corrected chi connectivity index (χ3v) is 3.88. The number of esters is 1. The van der Waals surface area contributed by atoms with Crippen molar-refractivity contribution in [2.45, 2.75) is 27.7 Å². The highest BCUT2D eigenvalue weighted by Gasteiger charge is 2.16. The molecule has 0 aliphatic heterocycles. The van der Waals surface area contributed by atoms with E-state index in [4.69, 9.17) is 4.74 Å². The molecular formula is C16H19N3O2S. The van der Waals surface area contributed by atoms with Crippen LogP contribution in [0.5, 0.6) is 0 Å². The number of fused-ring (bicyclic) bond motifs is 1. The lowest BCUT2D eigenvalue weighted by atomic mass is 10.3. The van der Waals surface area contributed by atoms with Crippen molar-refractivity contribution in [3.8, 4) is 10.6 Å². The molecule has 0 bridgehead atoms. The van der Waals surface area contributed by atoms with Gasteiger partial charge in [0.2, 0.25) is 0 Å². The van der Waals surface area contributed by atoms with Crippen LogP contribution in [0.25, 0.3) is 16.2 Å². The summed E-state index contributed by atoms with van der Waals surface area (Å²) in [6.07, 6.45) is 3.29. The van der Waals surface area contributed by atoms with Crippen molar-refractivity contribution >= 4 is 23.0 Å². The Morgan fingerprint density at radius 3 is 2.73 bits per heavy atom. The van der Waals surface area contributed by atoms with E-state index >= 15 is 0 Å². The molecule has 0 saturated heterocycles. The van der Waals surface area contributed by atoms with Gasteiger partial charge in [0.05, 0.1) is 23.4 Å². The fraction of sp³-hybridized carbons (Fsp3) is 0.312. The van der Waals surface area contributed by atoms with Gasteiger partial charge in [-0.3, -0.25) is 0 Å². The lowest BCUT2D eigenvalue weighted by molar-refractivity contribution is 0.0528. The van der Waals surface area contributed by atoms with E-state index in [0.717, 1.165) is 10.6 Å². The van der Waals surface area contributed by atoms with E-state index in [0.29, 0.717) is 17.8 Å². The number of thiophene rings is 1. The van der Waals surface area contributed by atoms with Crippen molar-refractivity contribution < 1.29 is 9.53 Å². The van der Waals surface area contributed by atoms with Crippen LogP contribution in [0.1, 0.15) is 36.0 Å². The quantitative estimate of drug-likeness (QED) is 0.686. The van der Waals surface area contributed by atoms with Crippen LogP contribution in [0.4, 0.5) is 0 Å². The molecule has 0 aliphatic rings.